The van der Waals surface area contributed by atoms with Crippen molar-refractivity contribution < 1.29 is 17.9 Å². The largest absolute Gasteiger partial charge is 0.573 e. The molecule has 6 nitrogen and oxygen atoms in total. The number of nitrogens with one attached hydrogen (secondary N) is 1. The van der Waals surface area contributed by atoms with E-state index >= 15 is 0 Å². The Kier molecular flexibility index (Phi) is 4.25. The Morgan fingerprint density at radius 1 is 1.40 bits per heavy atom. The molecule has 0 fully saturated rings. The molecule has 0 aliphatic heterocycles. The number of rotatable bonds is 4. The molecule has 3 rings (SSSR count). The van der Waals surface area contributed by atoms with E-state index in [1.165, 1.54) is 22.7 Å². The zero-order valence-electron chi connectivity index (χ0n) is 12.5. The molecule has 3 aromatic rings. The maximum Gasteiger partial charge on any atom is 0.573 e. The number of hydrogen-bond acceptors (Lipinski definition) is 4. The molecule has 0 spiro atoms. The van der Waals surface area contributed by atoms with Crippen molar-refractivity contribution in [2.24, 2.45) is 0 Å². The molecule has 130 valence electrons. The van der Waals surface area contributed by atoms with Gasteiger partial charge in [-0.3, -0.25) is 9.89 Å². The Morgan fingerprint density at radius 2 is 2.16 bits per heavy atom. The molecule has 0 aliphatic carbocycles. The molecule has 2 heterocycles. The van der Waals surface area contributed by atoms with Crippen molar-refractivity contribution in [3.8, 4) is 17.1 Å². The summed E-state index contributed by atoms with van der Waals surface area (Å²) in [5, 5.41) is 10.4. The van der Waals surface area contributed by atoms with Crippen molar-refractivity contribution in [2.75, 3.05) is 0 Å². The van der Waals surface area contributed by atoms with E-state index in [2.05, 4.69) is 26.6 Å². The van der Waals surface area contributed by atoms with Crippen LogP contribution in [0.5, 0.6) is 5.75 Å². The summed E-state index contributed by atoms with van der Waals surface area (Å²) in [6, 6.07) is 5.23. The van der Waals surface area contributed by atoms with Crippen LogP contribution in [0.4, 0.5) is 13.2 Å². The summed E-state index contributed by atoms with van der Waals surface area (Å²) in [6.45, 7) is 3.58. The highest BCUT2D eigenvalue weighted by Crippen LogP contribution is 2.27. The molecular formula is C15H10ClF3N4O2. The first-order chi connectivity index (χ1) is 11.8. The summed E-state index contributed by atoms with van der Waals surface area (Å²) < 4.78 is 42.3. The van der Waals surface area contributed by atoms with Crippen LogP contribution >= 0.6 is 11.6 Å². The van der Waals surface area contributed by atoms with Gasteiger partial charge in [-0.15, -0.1) is 24.8 Å². The van der Waals surface area contributed by atoms with Gasteiger partial charge in [-0.2, -0.15) is 9.61 Å². The summed E-state index contributed by atoms with van der Waals surface area (Å²) in [7, 11) is 0. The van der Waals surface area contributed by atoms with Crippen molar-refractivity contribution in [1.82, 2.24) is 19.8 Å². The minimum absolute atomic E-state index is 0.176. The van der Waals surface area contributed by atoms with Gasteiger partial charge in [0, 0.05) is 5.56 Å². The van der Waals surface area contributed by atoms with Crippen LogP contribution in [0.15, 0.2) is 41.7 Å². The number of allylic oxidation sites excluding steroid dienone is 1. The summed E-state index contributed by atoms with van der Waals surface area (Å²) in [6.07, 6.45) is -3.07. The van der Waals surface area contributed by atoms with Gasteiger partial charge in [0.2, 0.25) is 5.43 Å². The smallest absolute Gasteiger partial charge is 0.406 e. The van der Waals surface area contributed by atoms with Gasteiger partial charge in [0.15, 0.2) is 16.6 Å². The molecule has 10 heteroatoms. The number of alkyl halides is 3. The lowest BCUT2D eigenvalue weighted by molar-refractivity contribution is -0.274. The molecule has 0 aliphatic rings. The third kappa shape index (κ3) is 3.36. The Labute approximate surface area is 143 Å². The lowest BCUT2D eigenvalue weighted by Crippen LogP contribution is -2.17. The van der Waals surface area contributed by atoms with E-state index in [1.54, 1.807) is 0 Å². The number of aromatic amines is 1. The monoisotopic (exact) mass is 370 g/mol. The van der Waals surface area contributed by atoms with Crippen LogP contribution in [0.3, 0.4) is 0 Å². The van der Waals surface area contributed by atoms with Crippen molar-refractivity contribution in [3.05, 3.63) is 57.9 Å². The molecule has 0 amide bonds. The van der Waals surface area contributed by atoms with Crippen LogP contribution in [0, 0.1) is 0 Å². The lowest BCUT2D eigenvalue weighted by atomic mass is 10.2. The van der Waals surface area contributed by atoms with Crippen LogP contribution < -0.4 is 10.2 Å². The number of fused-ring (bicyclic) bond motifs is 1. The fraction of sp³-hybridized carbons (Fsp3) is 0.133. The van der Waals surface area contributed by atoms with Gasteiger partial charge < -0.3 is 4.74 Å². The van der Waals surface area contributed by atoms with Gasteiger partial charge in [0.25, 0.3) is 0 Å². The first-order valence-electron chi connectivity index (χ1n) is 6.93. The van der Waals surface area contributed by atoms with Gasteiger partial charge in [0.1, 0.15) is 5.75 Å². The Hall–Kier alpha value is -2.81. The van der Waals surface area contributed by atoms with E-state index in [-0.39, 0.29) is 23.0 Å². The zero-order chi connectivity index (χ0) is 18.2. The average Bonchev–Trinajstić information content (AvgIpc) is 2.94. The van der Waals surface area contributed by atoms with Crippen molar-refractivity contribution in [3.63, 3.8) is 0 Å². The number of H-pyrrole nitrogens is 1. The standard InChI is InChI=1S/C15H10ClF3N4O2/c1-2-4-10-11(24)12(16)22-23-13(20-21-14(10)23)8-5-3-6-9(7-8)25-15(17,18)19/h2-3,5-7,21H,1,4H2. The summed E-state index contributed by atoms with van der Waals surface area (Å²) in [4.78, 5) is 12.1. The van der Waals surface area contributed by atoms with Crippen molar-refractivity contribution in [1.29, 1.82) is 0 Å². The SMILES string of the molecule is C=CCc1c(=O)c(Cl)nn2c(-c3cccc(OC(F)(F)F)c3)n[nH]c12. The zero-order valence-corrected chi connectivity index (χ0v) is 13.2. The predicted octanol–water partition coefficient (Wildman–Crippen LogP) is 3.37. The van der Waals surface area contributed by atoms with Gasteiger partial charge in [-0.25, -0.2) is 0 Å². The van der Waals surface area contributed by atoms with Gasteiger partial charge in [0.05, 0.1) is 5.56 Å². The highest BCUT2D eigenvalue weighted by molar-refractivity contribution is 6.29. The van der Waals surface area contributed by atoms with Crippen molar-refractivity contribution in [2.45, 2.75) is 12.8 Å². The van der Waals surface area contributed by atoms with Crippen LogP contribution in [0.2, 0.25) is 5.15 Å². The third-order valence-corrected chi connectivity index (χ3v) is 3.54. The quantitative estimate of drug-likeness (QED) is 0.715. The number of halogens is 4. The van der Waals surface area contributed by atoms with Crippen molar-refractivity contribution >= 4 is 17.2 Å². The van der Waals surface area contributed by atoms with E-state index < -0.39 is 17.5 Å². The molecule has 1 N–H and O–H groups in total. The van der Waals surface area contributed by atoms with E-state index in [4.69, 9.17) is 11.6 Å². The minimum Gasteiger partial charge on any atom is -0.406 e. The van der Waals surface area contributed by atoms with E-state index in [0.29, 0.717) is 11.1 Å². The summed E-state index contributed by atoms with van der Waals surface area (Å²) in [5.74, 6) is -0.227. The van der Waals surface area contributed by atoms with Crippen LogP contribution in [-0.4, -0.2) is 26.2 Å². The molecule has 0 atom stereocenters. The molecule has 0 saturated carbocycles. The second-order valence-electron chi connectivity index (χ2n) is 4.97. The number of ether oxygens (including phenoxy) is 1. The van der Waals surface area contributed by atoms with Gasteiger partial charge in [-0.1, -0.05) is 29.8 Å². The predicted molar refractivity (Wildman–Crippen MR) is 84.6 cm³/mol. The molecule has 0 radical (unpaired) electrons. The van der Waals surface area contributed by atoms with Gasteiger partial charge >= 0.3 is 6.36 Å². The molecule has 25 heavy (non-hydrogen) atoms. The van der Waals surface area contributed by atoms with Crippen LogP contribution in [-0.2, 0) is 6.42 Å². The second-order valence-corrected chi connectivity index (χ2v) is 5.33. The number of aromatic nitrogens is 4. The first kappa shape index (κ1) is 17.0. The second kappa shape index (κ2) is 6.25. The highest BCUT2D eigenvalue weighted by atomic mass is 35.5. The Morgan fingerprint density at radius 3 is 2.84 bits per heavy atom. The Balaban J connectivity index is 2.16. The molecule has 1 aromatic carbocycles. The maximum absolute atomic E-state index is 12.4. The molecule has 2 aromatic heterocycles. The van der Waals surface area contributed by atoms with Gasteiger partial charge in [-0.05, 0) is 18.6 Å². The van der Waals surface area contributed by atoms with Crippen LogP contribution in [0.1, 0.15) is 5.56 Å². The average molecular weight is 371 g/mol. The number of benzene rings is 1. The minimum atomic E-state index is -4.81. The van der Waals surface area contributed by atoms with E-state index in [0.717, 1.165) is 12.1 Å². The normalized spacial score (nSPS) is 11.7. The first-order valence-corrected chi connectivity index (χ1v) is 7.31. The summed E-state index contributed by atoms with van der Waals surface area (Å²) >= 11 is 5.87. The van der Waals surface area contributed by atoms with E-state index in [9.17, 15) is 18.0 Å². The number of hydrogen-bond donors (Lipinski definition) is 1. The third-order valence-electron chi connectivity index (χ3n) is 3.29. The highest BCUT2D eigenvalue weighted by Gasteiger charge is 2.31. The Bertz CT molecular complexity index is 1010. The fourth-order valence-corrected chi connectivity index (χ4v) is 2.51. The van der Waals surface area contributed by atoms with E-state index in [1.807, 2.05) is 0 Å². The maximum atomic E-state index is 12.4. The summed E-state index contributed by atoms with van der Waals surface area (Å²) in [5.41, 5.74) is 0.415. The van der Waals surface area contributed by atoms with Crippen LogP contribution in [0.25, 0.3) is 17.0 Å². The fourth-order valence-electron chi connectivity index (χ4n) is 2.32. The topological polar surface area (TPSA) is 72.3 Å². The molecule has 0 bridgehead atoms. The molecule has 0 unspecified atom stereocenters. The molecule has 0 saturated heterocycles. The lowest BCUT2D eigenvalue weighted by Gasteiger charge is -2.09. The number of nitrogens with zero attached hydrogens (tertiary/aromatic N) is 3. The molecular weight excluding hydrogens is 361 g/mol.